The monoisotopic (exact) mass is 304 g/mol. The normalized spacial score (nSPS) is 16.8. The molecule has 116 valence electrons. The number of amides is 1. The molecule has 0 radical (unpaired) electrons. The van der Waals surface area contributed by atoms with E-state index in [-0.39, 0.29) is 11.5 Å². The molecule has 1 aromatic heterocycles. The second-order valence-electron chi connectivity index (χ2n) is 5.92. The standard InChI is InChI=1S/C16H17FN2O3/c1-9-6-10(17)7-12-11(9)8-13(18-12)14(20)19-16(15(21)22)4-2-3-5-16/h6-8,18H,2-5H2,1H3,(H,19,20)(H,21,22). The summed E-state index contributed by atoms with van der Waals surface area (Å²) < 4.78 is 13.4. The average molecular weight is 304 g/mol. The number of carbonyl (C=O) groups excluding carboxylic acids is 1. The van der Waals surface area contributed by atoms with E-state index in [1.165, 1.54) is 12.1 Å². The minimum absolute atomic E-state index is 0.247. The largest absolute Gasteiger partial charge is 0.480 e. The van der Waals surface area contributed by atoms with Crippen molar-refractivity contribution in [2.75, 3.05) is 0 Å². The average Bonchev–Trinajstić information content (AvgIpc) is 3.05. The Morgan fingerprint density at radius 3 is 2.59 bits per heavy atom. The summed E-state index contributed by atoms with van der Waals surface area (Å²) in [5.41, 5.74) is 0.308. The van der Waals surface area contributed by atoms with E-state index in [1.807, 2.05) is 0 Å². The van der Waals surface area contributed by atoms with Gasteiger partial charge in [0.2, 0.25) is 0 Å². The minimum atomic E-state index is -1.19. The third kappa shape index (κ3) is 2.34. The number of halogens is 1. The first-order valence-corrected chi connectivity index (χ1v) is 7.26. The first kappa shape index (κ1) is 14.6. The fraction of sp³-hybridized carbons (Fsp3) is 0.375. The maximum absolute atomic E-state index is 13.4. The molecule has 6 heteroatoms. The maximum atomic E-state index is 13.4. The van der Waals surface area contributed by atoms with Crippen LogP contribution in [0.5, 0.6) is 0 Å². The number of hydrogen-bond acceptors (Lipinski definition) is 2. The summed E-state index contributed by atoms with van der Waals surface area (Å²) in [5.74, 6) is -1.85. The van der Waals surface area contributed by atoms with E-state index >= 15 is 0 Å². The van der Waals surface area contributed by atoms with Crippen LogP contribution in [0.2, 0.25) is 0 Å². The summed E-state index contributed by atoms with van der Waals surface area (Å²) >= 11 is 0. The molecule has 5 nitrogen and oxygen atoms in total. The minimum Gasteiger partial charge on any atom is -0.480 e. The van der Waals surface area contributed by atoms with E-state index < -0.39 is 17.4 Å². The number of aliphatic carboxylic acids is 1. The van der Waals surface area contributed by atoms with Crippen LogP contribution in [0.25, 0.3) is 10.9 Å². The van der Waals surface area contributed by atoms with Crippen molar-refractivity contribution in [2.45, 2.75) is 38.1 Å². The number of carboxylic acid groups (broad SMARTS) is 1. The third-order valence-electron chi connectivity index (χ3n) is 4.37. The van der Waals surface area contributed by atoms with Crippen LogP contribution in [0.4, 0.5) is 4.39 Å². The van der Waals surface area contributed by atoms with Crippen molar-refractivity contribution >= 4 is 22.8 Å². The number of aromatic amines is 1. The number of aryl methyl sites for hydroxylation is 1. The fourth-order valence-corrected chi connectivity index (χ4v) is 3.15. The van der Waals surface area contributed by atoms with Crippen LogP contribution < -0.4 is 5.32 Å². The lowest BCUT2D eigenvalue weighted by Gasteiger charge is -2.24. The zero-order valence-corrected chi connectivity index (χ0v) is 12.2. The molecular weight excluding hydrogens is 287 g/mol. The van der Waals surface area contributed by atoms with E-state index in [1.54, 1.807) is 13.0 Å². The Labute approximate surface area is 126 Å². The molecule has 0 bridgehead atoms. The van der Waals surface area contributed by atoms with E-state index in [0.29, 0.717) is 18.4 Å². The van der Waals surface area contributed by atoms with Gasteiger partial charge < -0.3 is 15.4 Å². The molecule has 1 aliphatic carbocycles. The van der Waals surface area contributed by atoms with Crippen molar-refractivity contribution in [3.8, 4) is 0 Å². The van der Waals surface area contributed by atoms with Crippen molar-refractivity contribution in [2.24, 2.45) is 0 Å². The van der Waals surface area contributed by atoms with Crippen molar-refractivity contribution < 1.29 is 19.1 Å². The molecule has 1 saturated carbocycles. The highest BCUT2D eigenvalue weighted by Crippen LogP contribution is 2.30. The van der Waals surface area contributed by atoms with Gasteiger partial charge in [-0.3, -0.25) is 4.79 Å². The molecule has 2 aromatic rings. The van der Waals surface area contributed by atoms with Gasteiger partial charge in [-0.25, -0.2) is 9.18 Å². The maximum Gasteiger partial charge on any atom is 0.329 e. The van der Waals surface area contributed by atoms with Gasteiger partial charge in [0, 0.05) is 10.9 Å². The second kappa shape index (κ2) is 5.12. The van der Waals surface area contributed by atoms with Gasteiger partial charge in [0.05, 0.1) is 0 Å². The van der Waals surface area contributed by atoms with E-state index in [9.17, 15) is 19.1 Å². The number of hydrogen-bond donors (Lipinski definition) is 3. The Balaban J connectivity index is 1.92. The van der Waals surface area contributed by atoms with Gasteiger partial charge in [0.15, 0.2) is 0 Å². The molecule has 1 amide bonds. The van der Waals surface area contributed by atoms with Crippen LogP contribution in [0.3, 0.4) is 0 Å². The zero-order valence-electron chi connectivity index (χ0n) is 12.2. The predicted octanol–water partition coefficient (Wildman–Crippen LogP) is 2.74. The van der Waals surface area contributed by atoms with Crippen LogP contribution in [-0.2, 0) is 4.79 Å². The van der Waals surface area contributed by atoms with E-state index in [2.05, 4.69) is 10.3 Å². The van der Waals surface area contributed by atoms with Crippen LogP contribution >= 0.6 is 0 Å². The second-order valence-corrected chi connectivity index (χ2v) is 5.92. The summed E-state index contributed by atoms with van der Waals surface area (Å²) in [5, 5.41) is 12.8. The predicted molar refractivity (Wildman–Crippen MR) is 79.3 cm³/mol. The zero-order chi connectivity index (χ0) is 15.9. The molecule has 0 aliphatic heterocycles. The van der Waals surface area contributed by atoms with Crippen LogP contribution in [0.15, 0.2) is 18.2 Å². The molecule has 0 spiro atoms. The van der Waals surface area contributed by atoms with Crippen molar-refractivity contribution in [1.82, 2.24) is 10.3 Å². The Morgan fingerprint density at radius 2 is 1.95 bits per heavy atom. The number of rotatable bonds is 3. The molecule has 1 fully saturated rings. The number of H-pyrrole nitrogens is 1. The highest BCUT2D eigenvalue weighted by molar-refractivity contribution is 6.01. The number of carbonyl (C=O) groups is 2. The van der Waals surface area contributed by atoms with Gasteiger partial charge in [0.25, 0.3) is 5.91 Å². The number of benzene rings is 1. The lowest BCUT2D eigenvalue weighted by atomic mass is 9.97. The molecule has 0 unspecified atom stereocenters. The summed E-state index contributed by atoms with van der Waals surface area (Å²) in [4.78, 5) is 26.7. The molecular formula is C16H17FN2O3. The Hall–Kier alpha value is -2.37. The van der Waals surface area contributed by atoms with Crippen molar-refractivity contribution in [1.29, 1.82) is 0 Å². The van der Waals surface area contributed by atoms with Gasteiger partial charge in [-0.1, -0.05) is 12.8 Å². The number of carboxylic acids is 1. The SMILES string of the molecule is Cc1cc(F)cc2[nH]c(C(=O)NC3(C(=O)O)CCCC3)cc12. The Morgan fingerprint density at radius 1 is 1.27 bits per heavy atom. The molecule has 0 saturated heterocycles. The van der Waals surface area contributed by atoms with Crippen LogP contribution in [0.1, 0.15) is 41.7 Å². The molecule has 1 heterocycles. The molecule has 1 aliphatic rings. The van der Waals surface area contributed by atoms with Gasteiger partial charge in [-0.2, -0.15) is 0 Å². The quantitative estimate of drug-likeness (QED) is 0.815. The molecule has 0 atom stereocenters. The molecule has 1 aromatic carbocycles. The Bertz CT molecular complexity index is 760. The molecule has 3 rings (SSSR count). The Kier molecular flexibility index (Phi) is 3.39. The highest BCUT2D eigenvalue weighted by Gasteiger charge is 2.42. The summed E-state index contributed by atoms with van der Waals surface area (Å²) in [6, 6.07) is 4.35. The van der Waals surface area contributed by atoms with E-state index in [4.69, 9.17) is 0 Å². The van der Waals surface area contributed by atoms with Crippen LogP contribution in [-0.4, -0.2) is 27.5 Å². The first-order valence-electron chi connectivity index (χ1n) is 7.26. The molecule has 3 N–H and O–H groups in total. The number of aromatic nitrogens is 1. The van der Waals surface area contributed by atoms with Gasteiger partial charge >= 0.3 is 5.97 Å². The summed E-state index contributed by atoms with van der Waals surface area (Å²) in [7, 11) is 0. The van der Waals surface area contributed by atoms with Crippen molar-refractivity contribution in [3.63, 3.8) is 0 Å². The van der Waals surface area contributed by atoms with Gasteiger partial charge in [-0.15, -0.1) is 0 Å². The third-order valence-corrected chi connectivity index (χ3v) is 4.37. The fourth-order valence-electron chi connectivity index (χ4n) is 3.15. The smallest absolute Gasteiger partial charge is 0.329 e. The molecule has 22 heavy (non-hydrogen) atoms. The number of fused-ring (bicyclic) bond motifs is 1. The topological polar surface area (TPSA) is 82.2 Å². The van der Waals surface area contributed by atoms with Gasteiger partial charge in [0.1, 0.15) is 17.1 Å². The lowest BCUT2D eigenvalue weighted by molar-refractivity contribution is -0.144. The lowest BCUT2D eigenvalue weighted by Crippen LogP contribution is -2.52. The first-order chi connectivity index (χ1) is 10.4. The van der Waals surface area contributed by atoms with Gasteiger partial charge in [-0.05, 0) is 43.5 Å². The highest BCUT2D eigenvalue weighted by atomic mass is 19.1. The summed E-state index contributed by atoms with van der Waals surface area (Å²) in [6.45, 7) is 1.76. The van der Waals surface area contributed by atoms with Crippen LogP contribution in [0, 0.1) is 12.7 Å². The summed E-state index contributed by atoms with van der Waals surface area (Å²) in [6.07, 6.45) is 2.43. The van der Waals surface area contributed by atoms with E-state index in [0.717, 1.165) is 23.8 Å². The van der Waals surface area contributed by atoms with Crippen molar-refractivity contribution in [3.05, 3.63) is 35.3 Å². The number of nitrogens with one attached hydrogen (secondary N) is 2.